The number of amides is 1. The molecular formula is C11H16ClN3O. The molecule has 1 fully saturated rings. The van der Waals surface area contributed by atoms with Crippen LogP contribution in [0.5, 0.6) is 0 Å². The molecule has 0 bridgehead atoms. The van der Waals surface area contributed by atoms with Crippen molar-refractivity contribution < 1.29 is 4.79 Å². The first-order valence-corrected chi connectivity index (χ1v) is 5.94. The molecule has 1 aliphatic carbocycles. The number of carbonyl (C=O) groups excluding carboxylic acids is 1. The zero-order valence-corrected chi connectivity index (χ0v) is 10.3. The molecule has 0 spiro atoms. The maximum Gasteiger partial charge on any atom is 0.254 e. The van der Waals surface area contributed by atoms with Crippen LogP contribution in [0.15, 0.2) is 6.20 Å². The molecule has 0 radical (unpaired) electrons. The predicted octanol–water partition coefficient (Wildman–Crippen LogP) is 1.48. The van der Waals surface area contributed by atoms with Crippen LogP contribution < -0.4 is 5.32 Å². The van der Waals surface area contributed by atoms with Gasteiger partial charge in [0.1, 0.15) is 0 Å². The van der Waals surface area contributed by atoms with E-state index in [9.17, 15) is 4.79 Å². The van der Waals surface area contributed by atoms with Crippen LogP contribution in [0.2, 0.25) is 0 Å². The quantitative estimate of drug-likeness (QED) is 0.812. The standard InChI is InChI=1S/C11H16ClN3O/c1-8-9(5-15(2)14-8)10(16)13-7-11(6-12)3-4-11/h5H,3-4,6-7H2,1-2H3,(H,13,16). The maximum atomic E-state index is 11.9. The van der Waals surface area contributed by atoms with Crippen LogP contribution in [0.25, 0.3) is 0 Å². The molecule has 0 atom stereocenters. The number of nitrogens with zero attached hydrogens (tertiary/aromatic N) is 2. The third-order valence-corrected chi connectivity index (χ3v) is 3.69. The lowest BCUT2D eigenvalue weighted by Crippen LogP contribution is -2.31. The van der Waals surface area contributed by atoms with Gasteiger partial charge >= 0.3 is 0 Å². The minimum Gasteiger partial charge on any atom is -0.351 e. The summed E-state index contributed by atoms with van der Waals surface area (Å²) < 4.78 is 1.65. The van der Waals surface area contributed by atoms with Gasteiger partial charge in [-0.2, -0.15) is 5.10 Å². The Morgan fingerprint density at radius 3 is 2.81 bits per heavy atom. The van der Waals surface area contributed by atoms with Crippen LogP contribution in [0.4, 0.5) is 0 Å². The Morgan fingerprint density at radius 2 is 2.38 bits per heavy atom. The van der Waals surface area contributed by atoms with E-state index in [1.54, 1.807) is 10.9 Å². The van der Waals surface area contributed by atoms with Crippen molar-refractivity contribution in [3.05, 3.63) is 17.5 Å². The second kappa shape index (κ2) is 4.09. The SMILES string of the molecule is Cc1nn(C)cc1C(=O)NCC1(CCl)CC1. The normalized spacial score (nSPS) is 17.2. The van der Waals surface area contributed by atoms with Crippen molar-refractivity contribution in [1.29, 1.82) is 0 Å². The van der Waals surface area contributed by atoms with Crippen LogP contribution in [-0.2, 0) is 7.05 Å². The summed E-state index contributed by atoms with van der Waals surface area (Å²) in [7, 11) is 1.81. The van der Waals surface area contributed by atoms with E-state index in [2.05, 4.69) is 10.4 Å². The molecule has 0 saturated heterocycles. The zero-order chi connectivity index (χ0) is 11.8. The van der Waals surface area contributed by atoms with E-state index < -0.39 is 0 Å². The Kier molecular flexibility index (Phi) is 2.93. The first-order valence-electron chi connectivity index (χ1n) is 5.41. The molecule has 1 aromatic rings. The Balaban J connectivity index is 1.96. The first-order chi connectivity index (χ1) is 7.56. The second-order valence-electron chi connectivity index (χ2n) is 4.62. The number of rotatable bonds is 4. The van der Waals surface area contributed by atoms with Crippen LogP contribution in [0, 0.1) is 12.3 Å². The third kappa shape index (κ3) is 2.21. The minimum absolute atomic E-state index is 0.0537. The molecule has 0 unspecified atom stereocenters. The summed E-state index contributed by atoms with van der Waals surface area (Å²) in [5.74, 6) is 0.571. The molecule has 0 aromatic carbocycles. The number of nitrogens with one attached hydrogen (secondary N) is 1. The van der Waals surface area contributed by atoms with Crippen LogP contribution in [0.3, 0.4) is 0 Å². The van der Waals surface area contributed by atoms with Gasteiger partial charge in [0.15, 0.2) is 0 Å². The molecule has 88 valence electrons. The molecule has 5 heteroatoms. The lowest BCUT2D eigenvalue weighted by atomic mass is 10.1. The van der Waals surface area contributed by atoms with E-state index in [4.69, 9.17) is 11.6 Å². The lowest BCUT2D eigenvalue weighted by Gasteiger charge is -2.11. The Hall–Kier alpha value is -1.03. The van der Waals surface area contributed by atoms with Crippen molar-refractivity contribution in [3.8, 4) is 0 Å². The van der Waals surface area contributed by atoms with E-state index in [0.29, 0.717) is 18.0 Å². The Labute approximate surface area is 100.0 Å². The van der Waals surface area contributed by atoms with Gasteiger partial charge in [-0.05, 0) is 19.8 Å². The van der Waals surface area contributed by atoms with Gasteiger partial charge < -0.3 is 5.32 Å². The fourth-order valence-corrected chi connectivity index (χ4v) is 2.08. The monoisotopic (exact) mass is 241 g/mol. The van der Waals surface area contributed by atoms with Gasteiger partial charge in [-0.1, -0.05) is 0 Å². The van der Waals surface area contributed by atoms with Crippen LogP contribution in [-0.4, -0.2) is 28.1 Å². The van der Waals surface area contributed by atoms with Gasteiger partial charge in [0.25, 0.3) is 5.91 Å². The van der Waals surface area contributed by atoms with E-state index in [1.807, 2.05) is 14.0 Å². The average molecular weight is 242 g/mol. The fourth-order valence-electron chi connectivity index (χ4n) is 1.72. The Morgan fingerprint density at radius 1 is 1.69 bits per heavy atom. The largest absolute Gasteiger partial charge is 0.351 e. The molecule has 4 nitrogen and oxygen atoms in total. The topological polar surface area (TPSA) is 46.9 Å². The first kappa shape index (κ1) is 11.5. The van der Waals surface area contributed by atoms with Gasteiger partial charge in [-0.3, -0.25) is 9.48 Å². The van der Waals surface area contributed by atoms with Gasteiger partial charge in [0.2, 0.25) is 0 Å². The van der Waals surface area contributed by atoms with Crippen molar-refractivity contribution in [1.82, 2.24) is 15.1 Å². The summed E-state index contributed by atoms with van der Waals surface area (Å²) in [6.45, 7) is 2.51. The molecule has 1 heterocycles. The van der Waals surface area contributed by atoms with Crippen molar-refractivity contribution in [2.24, 2.45) is 12.5 Å². The van der Waals surface area contributed by atoms with E-state index >= 15 is 0 Å². The summed E-state index contributed by atoms with van der Waals surface area (Å²) in [5.41, 5.74) is 1.57. The molecule has 1 saturated carbocycles. The smallest absolute Gasteiger partial charge is 0.254 e. The highest BCUT2D eigenvalue weighted by molar-refractivity contribution is 6.18. The molecule has 1 aliphatic rings. The highest BCUT2D eigenvalue weighted by Crippen LogP contribution is 2.45. The summed E-state index contributed by atoms with van der Waals surface area (Å²) in [4.78, 5) is 11.9. The van der Waals surface area contributed by atoms with Crippen LogP contribution in [0.1, 0.15) is 28.9 Å². The highest BCUT2D eigenvalue weighted by Gasteiger charge is 2.41. The molecule has 1 N–H and O–H groups in total. The summed E-state index contributed by atoms with van der Waals surface area (Å²) in [6.07, 6.45) is 3.97. The van der Waals surface area contributed by atoms with Gasteiger partial charge in [0.05, 0.1) is 11.3 Å². The predicted molar refractivity (Wildman–Crippen MR) is 62.7 cm³/mol. The van der Waals surface area contributed by atoms with E-state index in [1.165, 1.54) is 0 Å². The van der Waals surface area contributed by atoms with E-state index in [-0.39, 0.29) is 11.3 Å². The van der Waals surface area contributed by atoms with Crippen molar-refractivity contribution >= 4 is 17.5 Å². The summed E-state index contributed by atoms with van der Waals surface area (Å²) in [6, 6.07) is 0. The number of carbonyl (C=O) groups is 1. The number of hydrogen-bond donors (Lipinski definition) is 1. The molecule has 2 rings (SSSR count). The molecule has 16 heavy (non-hydrogen) atoms. The average Bonchev–Trinajstić information content (AvgIpc) is 2.96. The number of halogens is 1. The van der Waals surface area contributed by atoms with Gasteiger partial charge in [-0.25, -0.2) is 0 Å². The van der Waals surface area contributed by atoms with Crippen molar-refractivity contribution in [3.63, 3.8) is 0 Å². The molecule has 1 amide bonds. The minimum atomic E-state index is -0.0537. The number of alkyl halides is 1. The third-order valence-electron chi connectivity index (χ3n) is 3.12. The number of hydrogen-bond acceptors (Lipinski definition) is 2. The highest BCUT2D eigenvalue weighted by atomic mass is 35.5. The molecule has 1 aromatic heterocycles. The summed E-state index contributed by atoms with van der Waals surface area (Å²) >= 11 is 5.85. The van der Waals surface area contributed by atoms with Crippen molar-refractivity contribution in [2.45, 2.75) is 19.8 Å². The van der Waals surface area contributed by atoms with E-state index in [0.717, 1.165) is 18.5 Å². The second-order valence-corrected chi connectivity index (χ2v) is 4.89. The van der Waals surface area contributed by atoms with Gasteiger partial charge in [0, 0.05) is 31.1 Å². The fraction of sp³-hybridized carbons (Fsp3) is 0.636. The number of aromatic nitrogens is 2. The lowest BCUT2D eigenvalue weighted by molar-refractivity contribution is 0.0946. The summed E-state index contributed by atoms with van der Waals surface area (Å²) in [5, 5.41) is 7.07. The number of aryl methyl sites for hydroxylation is 2. The molecule has 0 aliphatic heterocycles. The van der Waals surface area contributed by atoms with Crippen molar-refractivity contribution in [2.75, 3.05) is 12.4 Å². The maximum absolute atomic E-state index is 11.9. The Bertz CT molecular complexity index is 409. The van der Waals surface area contributed by atoms with Crippen LogP contribution >= 0.6 is 11.6 Å². The van der Waals surface area contributed by atoms with Gasteiger partial charge in [-0.15, -0.1) is 11.6 Å². The zero-order valence-electron chi connectivity index (χ0n) is 9.59. The molecular weight excluding hydrogens is 226 g/mol.